The van der Waals surface area contributed by atoms with Crippen molar-refractivity contribution < 1.29 is 4.42 Å². The predicted octanol–water partition coefficient (Wildman–Crippen LogP) is 6.20. The summed E-state index contributed by atoms with van der Waals surface area (Å²) >= 11 is 1.59. The second kappa shape index (κ2) is 7.53. The molecular formula is C24H19N3OS. The van der Waals surface area contributed by atoms with Crippen LogP contribution in [0.25, 0.3) is 32.5 Å². The molecule has 1 N–H and O–H groups in total. The summed E-state index contributed by atoms with van der Waals surface area (Å²) in [6.45, 7) is 2.15. The number of hydrogen-bond donors (Lipinski definition) is 1. The van der Waals surface area contributed by atoms with Gasteiger partial charge in [-0.05, 0) is 36.2 Å². The molecule has 3 aromatic carbocycles. The van der Waals surface area contributed by atoms with Crippen LogP contribution in [-0.2, 0) is 6.42 Å². The fourth-order valence-corrected chi connectivity index (χ4v) is 4.11. The molecule has 0 spiro atoms. The summed E-state index contributed by atoms with van der Waals surface area (Å²) in [6, 6.07) is 26.4. The van der Waals surface area contributed by atoms with Crippen molar-refractivity contribution in [2.45, 2.75) is 13.3 Å². The van der Waals surface area contributed by atoms with Gasteiger partial charge in [-0.15, -0.1) is 0 Å². The van der Waals surface area contributed by atoms with Gasteiger partial charge in [0.2, 0.25) is 5.13 Å². The maximum absolute atomic E-state index is 6.19. The van der Waals surface area contributed by atoms with Crippen LogP contribution >= 0.6 is 11.3 Å². The first-order valence-corrected chi connectivity index (χ1v) is 10.4. The second-order valence-electron chi connectivity index (χ2n) is 6.76. The minimum atomic E-state index is 0.771. The number of rotatable bonds is 4. The predicted molar refractivity (Wildman–Crippen MR) is 120 cm³/mol. The van der Waals surface area contributed by atoms with Crippen LogP contribution in [0.1, 0.15) is 12.5 Å². The van der Waals surface area contributed by atoms with Crippen LogP contribution in [0, 0.1) is 0 Å². The van der Waals surface area contributed by atoms with Crippen LogP contribution in [0.4, 0.5) is 5.13 Å². The Kier molecular flexibility index (Phi) is 4.58. The van der Waals surface area contributed by atoms with Crippen molar-refractivity contribution in [2.24, 2.45) is 5.10 Å². The quantitative estimate of drug-likeness (QED) is 0.367. The van der Waals surface area contributed by atoms with E-state index in [1.165, 1.54) is 5.56 Å². The molecule has 0 bridgehead atoms. The molecule has 0 radical (unpaired) electrons. The summed E-state index contributed by atoms with van der Waals surface area (Å²) in [4.78, 5) is 4.61. The molecule has 0 aliphatic carbocycles. The van der Waals surface area contributed by atoms with Gasteiger partial charge in [-0.1, -0.05) is 66.8 Å². The van der Waals surface area contributed by atoms with Crippen molar-refractivity contribution in [2.75, 3.05) is 5.43 Å². The van der Waals surface area contributed by atoms with Crippen molar-refractivity contribution in [3.8, 4) is 11.3 Å². The van der Waals surface area contributed by atoms with E-state index in [1.54, 1.807) is 11.3 Å². The van der Waals surface area contributed by atoms with Crippen molar-refractivity contribution in [3.63, 3.8) is 0 Å². The average molecular weight is 398 g/mol. The summed E-state index contributed by atoms with van der Waals surface area (Å²) in [7, 11) is 0. The van der Waals surface area contributed by atoms with Crippen LogP contribution in [0.15, 0.2) is 88.4 Å². The molecule has 0 aliphatic rings. The molecule has 2 aromatic heterocycles. The van der Waals surface area contributed by atoms with E-state index in [1.807, 2.05) is 60.7 Å². The lowest BCUT2D eigenvalue weighted by Gasteiger charge is -2.06. The van der Waals surface area contributed by atoms with Gasteiger partial charge in [0.05, 0.1) is 15.6 Å². The summed E-state index contributed by atoms with van der Waals surface area (Å²) in [5, 5.41) is 7.29. The second-order valence-corrected chi connectivity index (χ2v) is 7.79. The molecule has 0 aliphatic heterocycles. The highest BCUT2D eigenvalue weighted by molar-refractivity contribution is 7.22. The maximum atomic E-state index is 6.19. The summed E-state index contributed by atoms with van der Waals surface area (Å²) in [5.74, 6) is 0.784. The number of benzene rings is 3. The third-order valence-electron chi connectivity index (χ3n) is 4.84. The molecule has 5 aromatic rings. The van der Waals surface area contributed by atoms with E-state index in [4.69, 9.17) is 9.52 Å². The molecule has 142 valence electrons. The molecule has 0 atom stereocenters. The summed E-state index contributed by atoms with van der Waals surface area (Å²) < 4.78 is 7.32. The lowest BCUT2D eigenvalue weighted by molar-refractivity contribution is 0.618. The van der Waals surface area contributed by atoms with E-state index in [0.29, 0.717) is 0 Å². The first-order chi connectivity index (χ1) is 14.3. The summed E-state index contributed by atoms with van der Waals surface area (Å²) in [6.07, 6.45) is 0.959. The number of anilines is 1. The highest BCUT2D eigenvalue weighted by Gasteiger charge is 2.07. The highest BCUT2D eigenvalue weighted by Crippen LogP contribution is 2.26. The van der Waals surface area contributed by atoms with Gasteiger partial charge < -0.3 is 4.42 Å². The summed E-state index contributed by atoms with van der Waals surface area (Å²) in [5.41, 5.74) is 7.20. The van der Waals surface area contributed by atoms with Crippen molar-refractivity contribution in [1.82, 2.24) is 4.98 Å². The molecule has 2 heterocycles. The minimum absolute atomic E-state index is 0.771. The Labute approximate surface area is 172 Å². The van der Waals surface area contributed by atoms with Gasteiger partial charge >= 0.3 is 0 Å². The Morgan fingerprint density at radius 2 is 1.79 bits per heavy atom. The molecule has 0 saturated carbocycles. The Morgan fingerprint density at radius 1 is 0.966 bits per heavy atom. The SMILES string of the molecule is CCc1ccc2oc(-c3ccccc3)cc(=NNc3nc4ccccc4s3)c2c1. The monoisotopic (exact) mass is 397 g/mol. The number of nitrogens with zero attached hydrogens (tertiary/aromatic N) is 2. The van der Waals surface area contributed by atoms with Crippen molar-refractivity contribution >= 4 is 37.7 Å². The van der Waals surface area contributed by atoms with Crippen molar-refractivity contribution in [1.29, 1.82) is 0 Å². The van der Waals surface area contributed by atoms with E-state index in [9.17, 15) is 0 Å². The highest BCUT2D eigenvalue weighted by atomic mass is 32.1. The molecule has 0 amide bonds. The number of aromatic nitrogens is 1. The normalized spacial score (nSPS) is 12.0. The average Bonchev–Trinajstić information content (AvgIpc) is 3.20. The fourth-order valence-electron chi connectivity index (χ4n) is 3.30. The Balaban J connectivity index is 1.65. The van der Waals surface area contributed by atoms with E-state index >= 15 is 0 Å². The van der Waals surface area contributed by atoms with Crippen LogP contribution in [0.2, 0.25) is 0 Å². The standard InChI is InChI=1S/C24H19N3OS/c1-2-16-12-13-21-18(14-16)20(15-22(28-21)17-8-4-3-5-9-17)26-27-24-25-19-10-6-7-11-23(19)29-24/h3-15H,2H2,1H3,(H,25,27). The largest absolute Gasteiger partial charge is 0.456 e. The zero-order valence-corrected chi connectivity index (χ0v) is 16.7. The molecule has 0 unspecified atom stereocenters. The van der Waals surface area contributed by atoms with E-state index < -0.39 is 0 Å². The Hall–Kier alpha value is -3.44. The van der Waals surface area contributed by atoms with Crippen LogP contribution < -0.4 is 10.8 Å². The Bertz CT molecular complexity index is 1340. The third kappa shape index (κ3) is 3.52. The van der Waals surface area contributed by atoms with Gasteiger partial charge in [-0.2, -0.15) is 5.10 Å². The molecule has 0 saturated heterocycles. The minimum Gasteiger partial charge on any atom is -0.456 e. The molecule has 0 fully saturated rings. The molecule has 4 nitrogen and oxygen atoms in total. The van der Waals surface area contributed by atoms with Gasteiger partial charge in [0.25, 0.3) is 0 Å². The van der Waals surface area contributed by atoms with Crippen LogP contribution in [0.3, 0.4) is 0 Å². The lowest BCUT2D eigenvalue weighted by atomic mass is 10.1. The zero-order valence-electron chi connectivity index (χ0n) is 15.9. The first kappa shape index (κ1) is 17.6. The smallest absolute Gasteiger partial charge is 0.204 e. The number of thiazole rings is 1. The maximum Gasteiger partial charge on any atom is 0.204 e. The lowest BCUT2D eigenvalue weighted by Crippen LogP contribution is -2.07. The van der Waals surface area contributed by atoms with Gasteiger partial charge in [-0.25, -0.2) is 4.98 Å². The van der Waals surface area contributed by atoms with Gasteiger partial charge in [0, 0.05) is 17.0 Å². The fraction of sp³-hybridized carbons (Fsp3) is 0.0833. The Morgan fingerprint density at radius 3 is 2.62 bits per heavy atom. The van der Waals surface area contributed by atoms with Gasteiger partial charge in [0.15, 0.2) is 0 Å². The molecule has 5 rings (SSSR count). The van der Waals surface area contributed by atoms with Crippen LogP contribution in [-0.4, -0.2) is 4.98 Å². The van der Waals surface area contributed by atoms with E-state index in [0.717, 1.165) is 49.4 Å². The molecule has 29 heavy (non-hydrogen) atoms. The van der Waals surface area contributed by atoms with Crippen molar-refractivity contribution in [3.05, 3.63) is 89.8 Å². The van der Waals surface area contributed by atoms with Crippen LogP contribution in [0.5, 0.6) is 0 Å². The first-order valence-electron chi connectivity index (χ1n) is 9.58. The molecular weight excluding hydrogens is 378 g/mol. The number of fused-ring (bicyclic) bond motifs is 2. The zero-order chi connectivity index (χ0) is 19.6. The third-order valence-corrected chi connectivity index (χ3v) is 5.78. The topological polar surface area (TPSA) is 50.4 Å². The van der Waals surface area contributed by atoms with E-state index in [-0.39, 0.29) is 0 Å². The number of hydrogen-bond acceptors (Lipinski definition) is 5. The number of aryl methyl sites for hydroxylation is 1. The number of para-hydroxylation sites is 1. The number of nitrogens with one attached hydrogen (secondary N) is 1. The van der Waals surface area contributed by atoms with Gasteiger partial charge in [0.1, 0.15) is 11.3 Å². The molecule has 5 heteroatoms. The van der Waals surface area contributed by atoms with E-state index in [2.05, 4.69) is 35.5 Å². The van der Waals surface area contributed by atoms with Gasteiger partial charge in [-0.3, -0.25) is 5.43 Å².